The average molecular weight is 627 g/mol. The highest BCUT2D eigenvalue weighted by Crippen LogP contribution is 2.67. The number of esters is 3. The summed E-state index contributed by atoms with van der Waals surface area (Å²) in [7, 11) is 0. The van der Waals surface area contributed by atoms with Crippen LogP contribution in [0.2, 0.25) is 0 Å². The number of rotatable bonds is 5. The fraction of sp³-hybridized carbons (Fsp3) is 0.618. The van der Waals surface area contributed by atoms with Crippen molar-refractivity contribution < 1.29 is 53.0 Å². The molecule has 244 valence electrons. The Hall–Kier alpha value is -3.09. The van der Waals surface area contributed by atoms with Crippen molar-refractivity contribution in [2.75, 3.05) is 6.61 Å². The molecule has 2 saturated heterocycles. The summed E-state index contributed by atoms with van der Waals surface area (Å²) in [4.78, 5) is 39.6. The fourth-order valence-electron chi connectivity index (χ4n) is 8.97. The monoisotopic (exact) mass is 626 g/mol. The second kappa shape index (κ2) is 10.7. The van der Waals surface area contributed by atoms with Crippen LogP contribution in [0.3, 0.4) is 0 Å². The van der Waals surface area contributed by atoms with Crippen LogP contribution in [0.1, 0.15) is 64.7 Å². The van der Waals surface area contributed by atoms with Crippen LogP contribution >= 0.6 is 0 Å². The first-order valence-electron chi connectivity index (χ1n) is 15.4. The Kier molecular flexibility index (Phi) is 7.60. The van der Waals surface area contributed by atoms with Crippen LogP contribution in [-0.2, 0) is 38.0 Å². The summed E-state index contributed by atoms with van der Waals surface area (Å²) in [5.74, 6) is -2.89. The zero-order chi connectivity index (χ0) is 32.7. The van der Waals surface area contributed by atoms with Crippen LogP contribution in [0.25, 0.3) is 0 Å². The Morgan fingerprint density at radius 1 is 1.02 bits per heavy atom. The molecule has 0 aromatic heterocycles. The topological polar surface area (TPSA) is 147 Å². The van der Waals surface area contributed by atoms with Crippen molar-refractivity contribution in [1.29, 1.82) is 0 Å². The number of carbonyl (C=O) groups excluding carboxylic acids is 3. The van der Waals surface area contributed by atoms with E-state index in [0.29, 0.717) is 11.1 Å². The number of hydrogen-bond donors (Lipinski definition) is 2. The first-order chi connectivity index (χ1) is 21.1. The Morgan fingerprint density at radius 3 is 2.29 bits per heavy atom. The maximum absolute atomic E-state index is 13.9. The Labute approximate surface area is 262 Å². The second-order valence-electron chi connectivity index (χ2n) is 13.8. The van der Waals surface area contributed by atoms with Gasteiger partial charge in [0, 0.05) is 37.5 Å². The van der Waals surface area contributed by atoms with Crippen molar-refractivity contribution >= 4 is 17.9 Å². The number of benzene rings is 1. The van der Waals surface area contributed by atoms with E-state index in [4.69, 9.17) is 28.4 Å². The summed E-state index contributed by atoms with van der Waals surface area (Å²) in [5.41, 5.74) is -4.60. The van der Waals surface area contributed by atoms with Crippen molar-refractivity contribution in [3.63, 3.8) is 0 Å². The van der Waals surface area contributed by atoms with Crippen LogP contribution < -0.4 is 0 Å². The molecule has 6 rings (SSSR count). The molecule has 1 aromatic rings. The largest absolute Gasteiger partial charge is 0.455 e. The molecule has 2 N–H and O–H groups in total. The van der Waals surface area contributed by atoms with E-state index in [1.54, 1.807) is 51.1 Å². The van der Waals surface area contributed by atoms with Crippen LogP contribution in [0.5, 0.6) is 0 Å². The Bertz CT molecular complexity index is 1440. The van der Waals surface area contributed by atoms with E-state index in [2.05, 4.69) is 6.58 Å². The van der Waals surface area contributed by atoms with Gasteiger partial charge in [0.25, 0.3) is 0 Å². The van der Waals surface area contributed by atoms with Gasteiger partial charge >= 0.3 is 17.9 Å². The predicted molar refractivity (Wildman–Crippen MR) is 157 cm³/mol. The number of aliphatic hydroxyl groups is 2. The Morgan fingerprint density at radius 2 is 1.71 bits per heavy atom. The normalized spacial score (nSPS) is 42.8. The molecular formula is C34H42O11. The molecule has 11 nitrogen and oxygen atoms in total. The molecule has 5 aliphatic rings. The van der Waals surface area contributed by atoms with Gasteiger partial charge in [-0.25, -0.2) is 4.79 Å². The van der Waals surface area contributed by atoms with E-state index in [1.807, 2.05) is 6.92 Å². The van der Waals surface area contributed by atoms with Crippen LogP contribution in [-0.4, -0.2) is 88.8 Å². The first-order valence-corrected chi connectivity index (χ1v) is 15.4. The molecule has 0 radical (unpaired) electrons. The van der Waals surface area contributed by atoms with Gasteiger partial charge in [0.1, 0.15) is 23.9 Å². The van der Waals surface area contributed by atoms with Gasteiger partial charge in [-0.1, -0.05) is 45.5 Å². The molecule has 2 heterocycles. The quantitative estimate of drug-likeness (QED) is 0.282. The van der Waals surface area contributed by atoms with Gasteiger partial charge in [0.2, 0.25) is 0 Å². The van der Waals surface area contributed by atoms with Crippen molar-refractivity contribution in [2.24, 2.45) is 16.7 Å². The molecular weight excluding hydrogens is 584 g/mol. The van der Waals surface area contributed by atoms with E-state index in [0.717, 1.165) is 0 Å². The number of carbonyl (C=O) groups is 3. The van der Waals surface area contributed by atoms with Crippen molar-refractivity contribution in [3.05, 3.63) is 59.7 Å². The van der Waals surface area contributed by atoms with E-state index in [9.17, 15) is 24.6 Å². The highest BCUT2D eigenvalue weighted by atomic mass is 16.7. The second-order valence-corrected chi connectivity index (χ2v) is 13.8. The lowest BCUT2D eigenvalue weighted by Gasteiger charge is -2.71. The van der Waals surface area contributed by atoms with Crippen LogP contribution in [0, 0.1) is 16.7 Å². The summed E-state index contributed by atoms with van der Waals surface area (Å²) in [6.45, 7) is 13.6. The van der Waals surface area contributed by atoms with E-state index in [1.165, 1.54) is 19.9 Å². The third kappa shape index (κ3) is 4.46. The lowest BCUT2D eigenvalue weighted by Crippen LogP contribution is -2.83. The van der Waals surface area contributed by atoms with Gasteiger partial charge in [0.05, 0.1) is 30.3 Å². The number of fused-ring (bicyclic) bond motifs is 4. The highest BCUT2D eigenvalue weighted by Gasteiger charge is 2.79. The minimum atomic E-state index is -1.97. The molecule has 2 unspecified atom stereocenters. The molecule has 0 spiro atoms. The molecule has 4 fully saturated rings. The first kappa shape index (κ1) is 31.9. The maximum Gasteiger partial charge on any atom is 0.338 e. The average Bonchev–Trinajstić information content (AvgIpc) is 2.96. The van der Waals surface area contributed by atoms with E-state index >= 15 is 0 Å². The molecule has 2 aliphatic heterocycles. The zero-order valence-electron chi connectivity index (χ0n) is 26.5. The molecule has 11 heteroatoms. The maximum atomic E-state index is 13.9. The SMILES string of the molecule is C=CC1O[C@H]2CC3OC[C@@]3(OC(C)=O)[C@H]3[C@H](OC(=O)c4ccccc4)[C@]4(O)C[C@H](O)C(C)=C([C@H](OC(C)=O)[C@H](O1)[C@]23C)C4(C)C. The minimum Gasteiger partial charge on any atom is -0.455 e. The highest BCUT2D eigenvalue weighted by molar-refractivity contribution is 5.89. The van der Waals surface area contributed by atoms with Gasteiger partial charge in [-0.15, -0.1) is 0 Å². The molecule has 3 aliphatic carbocycles. The van der Waals surface area contributed by atoms with Crippen LogP contribution in [0.4, 0.5) is 0 Å². The van der Waals surface area contributed by atoms with Gasteiger partial charge < -0.3 is 38.6 Å². The molecule has 0 amide bonds. The molecule has 1 aromatic carbocycles. The van der Waals surface area contributed by atoms with E-state index < -0.39 is 88.8 Å². The number of hydrogen-bond acceptors (Lipinski definition) is 11. The molecule has 2 saturated carbocycles. The fourth-order valence-corrected chi connectivity index (χ4v) is 8.97. The summed E-state index contributed by atoms with van der Waals surface area (Å²) in [5, 5.41) is 24.7. The minimum absolute atomic E-state index is 0.0414. The summed E-state index contributed by atoms with van der Waals surface area (Å²) in [6.07, 6.45) is -5.32. The summed E-state index contributed by atoms with van der Waals surface area (Å²) < 4.78 is 37.8. The lowest BCUT2D eigenvalue weighted by molar-refractivity contribution is -0.405. The predicted octanol–water partition coefficient (Wildman–Crippen LogP) is 3.02. The third-order valence-electron chi connectivity index (χ3n) is 11.1. The van der Waals surface area contributed by atoms with Crippen molar-refractivity contribution in [3.8, 4) is 0 Å². The molecule has 11 atom stereocenters. The third-order valence-corrected chi connectivity index (χ3v) is 11.1. The van der Waals surface area contributed by atoms with Crippen molar-refractivity contribution in [1.82, 2.24) is 0 Å². The lowest BCUT2D eigenvalue weighted by atomic mass is 9.44. The molecule has 45 heavy (non-hydrogen) atoms. The van der Waals surface area contributed by atoms with Crippen LogP contribution in [0.15, 0.2) is 54.1 Å². The number of aliphatic hydroxyl groups excluding tert-OH is 1. The van der Waals surface area contributed by atoms with Gasteiger partial charge in [0.15, 0.2) is 18.0 Å². The van der Waals surface area contributed by atoms with Gasteiger partial charge in [-0.3, -0.25) is 9.59 Å². The summed E-state index contributed by atoms with van der Waals surface area (Å²) in [6, 6.07) is 8.39. The molecule has 2 bridgehead atoms. The van der Waals surface area contributed by atoms with Gasteiger partial charge in [-0.05, 0) is 36.3 Å². The Balaban J connectivity index is 1.68. The van der Waals surface area contributed by atoms with Crippen molar-refractivity contribution in [2.45, 2.75) is 108 Å². The zero-order valence-corrected chi connectivity index (χ0v) is 26.5. The number of ether oxygens (including phenoxy) is 6. The van der Waals surface area contributed by atoms with E-state index in [-0.39, 0.29) is 25.0 Å². The standard InChI is InChI=1S/C34H42O11/c1-8-24-42-22-14-23-33(16-40-23,45-19(4)36)27-29(44-30(38)20-12-10-9-11-13-20)34(39)15-21(37)17(2)25(31(34,5)6)26(41-18(3)35)28(43-24)32(22,27)7/h8-13,21-24,26-29,37,39H,1,14-16H2,2-7H3/t21-,22-,23?,24?,26-,27-,28-,29-,32+,33-,34+/m0/s1. The van der Waals surface area contributed by atoms with Gasteiger partial charge in [-0.2, -0.15) is 0 Å². The smallest absolute Gasteiger partial charge is 0.338 e. The summed E-state index contributed by atoms with van der Waals surface area (Å²) >= 11 is 0.